The second-order valence-electron chi connectivity index (χ2n) is 3.99. The lowest BCUT2D eigenvalue weighted by Gasteiger charge is -2.33. The molecule has 1 atom stereocenters. The summed E-state index contributed by atoms with van der Waals surface area (Å²) in [6.45, 7) is 0.557. The van der Waals surface area contributed by atoms with E-state index < -0.39 is 22.0 Å². The first-order valence-electron chi connectivity index (χ1n) is 5.46. The molecule has 8 heteroatoms. The molecule has 0 amide bonds. The molecular weight excluding hydrogens is 260 g/mol. The van der Waals surface area contributed by atoms with E-state index in [-0.39, 0.29) is 31.1 Å². The fourth-order valence-electron chi connectivity index (χ4n) is 1.92. The lowest BCUT2D eigenvalue weighted by Crippen LogP contribution is -2.49. The maximum Gasteiger partial charge on any atom is 0.305 e. The van der Waals surface area contributed by atoms with Gasteiger partial charge in [0.25, 0.3) is 0 Å². The van der Waals surface area contributed by atoms with Crippen LogP contribution in [0.15, 0.2) is 23.4 Å². The molecule has 1 fully saturated rings. The van der Waals surface area contributed by atoms with Gasteiger partial charge in [0.15, 0.2) is 0 Å². The summed E-state index contributed by atoms with van der Waals surface area (Å²) in [5, 5.41) is 8.80. The number of morpholine rings is 1. The Kier molecular flexibility index (Phi) is 3.69. The highest BCUT2D eigenvalue weighted by Crippen LogP contribution is 2.21. The van der Waals surface area contributed by atoms with Crippen LogP contribution in [0.4, 0.5) is 0 Å². The Hall–Kier alpha value is -1.38. The second-order valence-corrected chi connectivity index (χ2v) is 5.88. The van der Waals surface area contributed by atoms with Gasteiger partial charge in [0.1, 0.15) is 0 Å². The number of H-pyrrole nitrogens is 1. The number of rotatable bonds is 4. The first kappa shape index (κ1) is 13.1. The van der Waals surface area contributed by atoms with Gasteiger partial charge < -0.3 is 14.8 Å². The number of carboxylic acids is 1. The van der Waals surface area contributed by atoms with Crippen LogP contribution in [0.5, 0.6) is 0 Å². The molecular formula is C10H14N2O5S. The molecule has 0 spiro atoms. The average molecular weight is 274 g/mol. The Labute approximate surface area is 104 Å². The molecule has 100 valence electrons. The number of aromatic nitrogens is 1. The molecule has 1 saturated heterocycles. The van der Waals surface area contributed by atoms with Crippen molar-refractivity contribution < 1.29 is 23.1 Å². The van der Waals surface area contributed by atoms with Gasteiger partial charge in [-0.2, -0.15) is 4.31 Å². The van der Waals surface area contributed by atoms with Crippen molar-refractivity contribution in [3.05, 3.63) is 18.5 Å². The molecule has 0 bridgehead atoms. The van der Waals surface area contributed by atoms with Crippen molar-refractivity contribution >= 4 is 16.0 Å². The molecule has 2 rings (SSSR count). The standard InChI is InChI=1S/C10H14N2O5S/c13-10(14)5-8-7-17-4-3-12(8)18(15,16)9-1-2-11-6-9/h1-2,6,8,11H,3-5,7H2,(H,13,14). The van der Waals surface area contributed by atoms with Gasteiger partial charge >= 0.3 is 5.97 Å². The van der Waals surface area contributed by atoms with Gasteiger partial charge in [0.2, 0.25) is 10.0 Å². The Morgan fingerprint density at radius 1 is 1.61 bits per heavy atom. The molecule has 18 heavy (non-hydrogen) atoms. The molecule has 2 N–H and O–H groups in total. The summed E-state index contributed by atoms with van der Waals surface area (Å²) in [4.78, 5) is 13.6. The second kappa shape index (κ2) is 5.09. The highest BCUT2D eigenvalue weighted by Gasteiger charge is 2.35. The van der Waals surface area contributed by atoms with Crippen LogP contribution < -0.4 is 0 Å². The highest BCUT2D eigenvalue weighted by molar-refractivity contribution is 7.89. The number of aromatic amines is 1. The smallest absolute Gasteiger partial charge is 0.305 e. The first-order chi connectivity index (χ1) is 8.51. The van der Waals surface area contributed by atoms with Crippen molar-refractivity contribution in [3.63, 3.8) is 0 Å². The Bertz CT molecular complexity index is 510. The van der Waals surface area contributed by atoms with Crippen LogP contribution in [0, 0.1) is 0 Å². The highest BCUT2D eigenvalue weighted by atomic mass is 32.2. The Balaban J connectivity index is 2.26. The number of hydrogen-bond donors (Lipinski definition) is 2. The quantitative estimate of drug-likeness (QED) is 0.797. The summed E-state index contributed by atoms with van der Waals surface area (Å²) < 4.78 is 30.9. The minimum absolute atomic E-state index is 0.107. The number of ether oxygens (including phenoxy) is 1. The van der Waals surface area contributed by atoms with Gasteiger partial charge in [0.05, 0.1) is 30.6 Å². The van der Waals surface area contributed by atoms with Crippen molar-refractivity contribution in [3.8, 4) is 0 Å². The summed E-state index contributed by atoms with van der Waals surface area (Å²) in [6, 6.07) is 0.791. The zero-order valence-corrected chi connectivity index (χ0v) is 10.4. The van der Waals surface area contributed by atoms with E-state index in [1.807, 2.05) is 0 Å². The Morgan fingerprint density at radius 3 is 3.00 bits per heavy atom. The minimum atomic E-state index is -3.65. The minimum Gasteiger partial charge on any atom is -0.481 e. The number of sulfonamides is 1. The van der Waals surface area contributed by atoms with E-state index in [0.717, 1.165) is 0 Å². The summed E-state index contributed by atoms with van der Waals surface area (Å²) in [7, 11) is -3.65. The predicted molar refractivity (Wildman–Crippen MR) is 61.5 cm³/mol. The van der Waals surface area contributed by atoms with E-state index in [9.17, 15) is 13.2 Å². The Morgan fingerprint density at radius 2 is 2.39 bits per heavy atom. The fourth-order valence-corrected chi connectivity index (χ4v) is 3.49. The van der Waals surface area contributed by atoms with Crippen molar-refractivity contribution in [1.82, 2.24) is 9.29 Å². The third kappa shape index (κ3) is 2.55. The van der Waals surface area contributed by atoms with Gasteiger partial charge in [0, 0.05) is 18.9 Å². The average Bonchev–Trinajstić information content (AvgIpc) is 2.82. The molecule has 1 aromatic heterocycles. The monoisotopic (exact) mass is 274 g/mol. The maximum atomic E-state index is 12.3. The molecule has 0 aliphatic carbocycles. The lowest BCUT2D eigenvalue weighted by atomic mass is 10.2. The molecule has 1 aliphatic heterocycles. The van der Waals surface area contributed by atoms with Crippen LogP contribution in [-0.2, 0) is 19.6 Å². The van der Waals surface area contributed by atoms with Crippen LogP contribution >= 0.6 is 0 Å². The lowest BCUT2D eigenvalue weighted by molar-refractivity contribution is -0.139. The van der Waals surface area contributed by atoms with Gasteiger partial charge in [-0.1, -0.05) is 0 Å². The van der Waals surface area contributed by atoms with Crippen LogP contribution in [0.2, 0.25) is 0 Å². The molecule has 1 aromatic rings. The van der Waals surface area contributed by atoms with Crippen LogP contribution in [0.25, 0.3) is 0 Å². The molecule has 1 aliphatic rings. The number of aliphatic carboxylic acids is 1. The molecule has 1 unspecified atom stereocenters. The number of carbonyl (C=O) groups is 1. The van der Waals surface area contributed by atoms with Crippen molar-refractivity contribution in [1.29, 1.82) is 0 Å². The van der Waals surface area contributed by atoms with Crippen LogP contribution in [-0.4, -0.2) is 54.6 Å². The van der Waals surface area contributed by atoms with E-state index in [1.165, 1.54) is 22.8 Å². The van der Waals surface area contributed by atoms with E-state index >= 15 is 0 Å². The van der Waals surface area contributed by atoms with Gasteiger partial charge in [-0.15, -0.1) is 0 Å². The summed E-state index contributed by atoms with van der Waals surface area (Å²) in [5.74, 6) is -1.04. The van der Waals surface area contributed by atoms with Crippen LogP contribution in [0.1, 0.15) is 6.42 Å². The maximum absolute atomic E-state index is 12.3. The molecule has 0 aromatic carbocycles. The van der Waals surface area contributed by atoms with Crippen molar-refractivity contribution in [2.24, 2.45) is 0 Å². The fraction of sp³-hybridized carbons (Fsp3) is 0.500. The largest absolute Gasteiger partial charge is 0.481 e. The molecule has 2 heterocycles. The molecule has 0 saturated carbocycles. The normalized spacial score (nSPS) is 21.9. The van der Waals surface area contributed by atoms with E-state index in [2.05, 4.69) is 4.98 Å². The zero-order valence-electron chi connectivity index (χ0n) is 9.57. The predicted octanol–water partition coefficient (Wildman–Crippen LogP) is -0.121. The summed E-state index contributed by atoms with van der Waals surface area (Å²) in [5.41, 5.74) is 0. The topological polar surface area (TPSA) is 99.7 Å². The van der Waals surface area contributed by atoms with Crippen LogP contribution in [0.3, 0.4) is 0 Å². The summed E-state index contributed by atoms with van der Waals surface area (Å²) in [6.07, 6.45) is 2.63. The SMILES string of the molecule is O=C(O)CC1COCCN1S(=O)(=O)c1cc[nH]c1. The van der Waals surface area contributed by atoms with E-state index in [0.29, 0.717) is 0 Å². The number of hydrogen-bond acceptors (Lipinski definition) is 4. The van der Waals surface area contributed by atoms with Crippen molar-refractivity contribution in [2.75, 3.05) is 19.8 Å². The molecule has 0 radical (unpaired) electrons. The van der Waals surface area contributed by atoms with Gasteiger partial charge in [-0.25, -0.2) is 8.42 Å². The number of nitrogens with zero attached hydrogens (tertiary/aromatic N) is 1. The van der Waals surface area contributed by atoms with E-state index in [1.54, 1.807) is 0 Å². The summed E-state index contributed by atoms with van der Waals surface area (Å²) >= 11 is 0. The van der Waals surface area contributed by atoms with E-state index in [4.69, 9.17) is 9.84 Å². The number of carboxylic acid groups (broad SMARTS) is 1. The molecule has 7 nitrogen and oxygen atoms in total. The number of nitrogens with one attached hydrogen (secondary N) is 1. The third-order valence-electron chi connectivity index (χ3n) is 2.76. The first-order valence-corrected chi connectivity index (χ1v) is 6.90. The van der Waals surface area contributed by atoms with Crippen molar-refractivity contribution in [2.45, 2.75) is 17.4 Å². The third-order valence-corrected chi connectivity index (χ3v) is 4.71. The van der Waals surface area contributed by atoms with Gasteiger partial charge in [-0.3, -0.25) is 4.79 Å². The zero-order chi connectivity index (χ0) is 13.2. The van der Waals surface area contributed by atoms with Gasteiger partial charge in [-0.05, 0) is 6.07 Å².